The normalized spacial score (nSPS) is 16.7. The summed E-state index contributed by atoms with van der Waals surface area (Å²) >= 11 is 0. The lowest BCUT2D eigenvalue weighted by molar-refractivity contribution is 0.184. The van der Waals surface area contributed by atoms with Gasteiger partial charge >= 0.3 is 0 Å². The molecule has 0 aliphatic carbocycles. The highest BCUT2D eigenvalue weighted by atomic mass is 15.1. The minimum absolute atomic E-state index is 0.651. The molecule has 1 aliphatic heterocycles. The molecule has 1 heterocycles. The summed E-state index contributed by atoms with van der Waals surface area (Å²) in [5, 5.41) is 3.84. The van der Waals surface area contributed by atoms with Crippen LogP contribution in [0, 0.1) is 29.6 Å². The van der Waals surface area contributed by atoms with Crippen LogP contribution in [0.15, 0.2) is 0 Å². The highest BCUT2D eigenvalue weighted by Gasteiger charge is 2.18. The van der Waals surface area contributed by atoms with Crippen molar-refractivity contribution in [1.82, 2.24) is 10.2 Å². The fourth-order valence-electron chi connectivity index (χ4n) is 5.57. The summed E-state index contributed by atoms with van der Waals surface area (Å²) in [6, 6.07) is 0. The molecule has 35 heavy (non-hydrogen) atoms. The maximum Gasteiger partial charge on any atom is 0.0217 e. The van der Waals surface area contributed by atoms with Crippen LogP contribution in [0.25, 0.3) is 0 Å². The molecule has 0 saturated carbocycles. The van der Waals surface area contributed by atoms with Crippen LogP contribution in [0.3, 0.4) is 0 Å². The minimum atomic E-state index is 0.651. The number of unbranched alkanes of at least 4 members (excludes halogenated alkanes) is 9. The van der Waals surface area contributed by atoms with Crippen LogP contribution in [0.2, 0.25) is 0 Å². The van der Waals surface area contributed by atoms with Gasteiger partial charge < -0.3 is 10.2 Å². The average Bonchev–Trinajstić information content (AvgIpc) is 2.88. The predicted octanol–water partition coefficient (Wildman–Crippen LogP) is 9.24. The molecule has 0 aromatic rings. The number of likely N-dealkylation sites (tertiary alicyclic amines) is 1. The Balaban J connectivity index is 2.17. The van der Waals surface area contributed by atoms with Gasteiger partial charge in [-0.05, 0) is 70.1 Å². The van der Waals surface area contributed by atoms with Crippen LogP contribution >= 0.6 is 0 Å². The third kappa shape index (κ3) is 18.4. The number of hydrogen-bond acceptors (Lipinski definition) is 2. The van der Waals surface area contributed by atoms with Crippen LogP contribution in [-0.2, 0) is 0 Å². The number of piperidine rings is 1. The summed E-state index contributed by atoms with van der Waals surface area (Å²) in [4.78, 5) is 2.67. The van der Waals surface area contributed by atoms with E-state index in [1.807, 2.05) is 0 Å². The SMILES string of the molecule is CCCCCCCC(CC)CNCC1CCN(CCC#CC(CCCCC)CCCCCC)CC1. The standard InChI is InChI=1S/C33H64N2/c1-5-9-12-14-17-20-31(8-4)29-34-30-33-24-27-35(28-25-33)26-19-18-23-32(21-15-11-7-3)22-16-13-10-6-2/h31-34H,5-17,19-22,24-30H2,1-4H3. The second kappa shape index (κ2) is 23.9. The highest BCUT2D eigenvalue weighted by Crippen LogP contribution is 2.19. The largest absolute Gasteiger partial charge is 0.316 e. The Kier molecular flexibility index (Phi) is 22.2. The summed E-state index contributed by atoms with van der Waals surface area (Å²) in [5.41, 5.74) is 0. The monoisotopic (exact) mass is 489 g/mol. The second-order valence-corrected chi connectivity index (χ2v) is 11.5. The van der Waals surface area contributed by atoms with Crippen LogP contribution in [-0.4, -0.2) is 37.6 Å². The van der Waals surface area contributed by atoms with E-state index in [0.29, 0.717) is 5.92 Å². The van der Waals surface area contributed by atoms with Gasteiger partial charge in [-0.25, -0.2) is 0 Å². The van der Waals surface area contributed by atoms with E-state index in [2.05, 4.69) is 49.8 Å². The molecule has 0 bridgehead atoms. The third-order valence-electron chi connectivity index (χ3n) is 8.29. The van der Waals surface area contributed by atoms with E-state index >= 15 is 0 Å². The third-order valence-corrected chi connectivity index (χ3v) is 8.29. The smallest absolute Gasteiger partial charge is 0.0217 e. The van der Waals surface area contributed by atoms with Crippen LogP contribution in [0.5, 0.6) is 0 Å². The minimum Gasteiger partial charge on any atom is -0.316 e. The number of rotatable bonds is 22. The van der Waals surface area contributed by atoms with E-state index in [-0.39, 0.29) is 0 Å². The Morgan fingerprint density at radius 1 is 0.743 bits per heavy atom. The molecule has 0 aromatic carbocycles. The van der Waals surface area contributed by atoms with Gasteiger partial charge in [0.1, 0.15) is 0 Å². The van der Waals surface area contributed by atoms with Gasteiger partial charge in [-0.15, -0.1) is 5.92 Å². The fraction of sp³-hybridized carbons (Fsp3) is 0.939. The molecule has 206 valence electrons. The van der Waals surface area contributed by atoms with E-state index in [1.165, 1.54) is 148 Å². The van der Waals surface area contributed by atoms with Crippen molar-refractivity contribution in [1.29, 1.82) is 0 Å². The molecule has 0 aromatic heterocycles. The average molecular weight is 489 g/mol. The first kappa shape index (κ1) is 32.5. The second-order valence-electron chi connectivity index (χ2n) is 11.5. The molecule has 1 fully saturated rings. The zero-order valence-corrected chi connectivity index (χ0v) is 24.6. The van der Waals surface area contributed by atoms with E-state index in [9.17, 15) is 0 Å². The van der Waals surface area contributed by atoms with Gasteiger partial charge in [0, 0.05) is 18.9 Å². The topological polar surface area (TPSA) is 15.3 Å². The molecule has 2 heteroatoms. The summed E-state index contributed by atoms with van der Waals surface area (Å²) in [6.07, 6.45) is 25.8. The molecule has 2 nitrogen and oxygen atoms in total. The molecule has 1 aliphatic rings. The van der Waals surface area contributed by atoms with Crippen molar-refractivity contribution in [3.8, 4) is 11.8 Å². The zero-order chi connectivity index (χ0) is 25.4. The first-order chi connectivity index (χ1) is 17.2. The van der Waals surface area contributed by atoms with Crippen molar-refractivity contribution < 1.29 is 0 Å². The van der Waals surface area contributed by atoms with Gasteiger partial charge in [-0.1, -0.05) is 117 Å². The van der Waals surface area contributed by atoms with Crippen molar-refractivity contribution >= 4 is 0 Å². The Labute approximate surface area is 222 Å². The maximum atomic E-state index is 3.84. The quantitative estimate of drug-likeness (QED) is 0.121. The first-order valence-electron chi connectivity index (χ1n) is 16.1. The van der Waals surface area contributed by atoms with Crippen molar-refractivity contribution in [2.45, 2.75) is 150 Å². The molecule has 1 N–H and O–H groups in total. The number of nitrogens with zero attached hydrogens (tertiary/aromatic N) is 1. The Morgan fingerprint density at radius 2 is 1.31 bits per heavy atom. The number of hydrogen-bond donors (Lipinski definition) is 1. The lowest BCUT2D eigenvalue weighted by Gasteiger charge is -2.32. The summed E-state index contributed by atoms with van der Waals surface area (Å²) in [5.74, 6) is 9.69. The summed E-state index contributed by atoms with van der Waals surface area (Å²) < 4.78 is 0. The maximum absolute atomic E-state index is 3.84. The Hall–Kier alpha value is -0.520. The van der Waals surface area contributed by atoms with E-state index in [0.717, 1.165) is 18.3 Å². The highest BCUT2D eigenvalue weighted by molar-refractivity contribution is 5.04. The van der Waals surface area contributed by atoms with Crippen LogP contribution < -0.4 is 5.32 Å². The molecule has 0 spiro atoms. The van der Waals surface area contributed by atoms with Crippen molar-refractivity contribution in [3.63, 3.8) is 0 Å². The Bertz CT molecular complexity index is 497. The van der Waals surface area contributed by atoms with Gasteiger partial charge in [0.25, 0.3) is 0 Å². The van der Waals surface area contributed by atoms with E-state index in [4.69, 9.17) is 0 Å². The molecule has 2 unspecified atom stereocenters. The van der Waals surface area contributed by atoms with Crippen LogP contribution in [0.1, 0.15) is 150 Å². The lowest BCUT2D eigenvalue weighted by Crippen LogP contribution is -2.38. The van der Waals surface area contributed by atoms with Crippen LogP contribution in [0.4, 0.5) is 0 Å². The summed E-state index contributed by atoms with van der Waals surface area (Å²) in [6.45, 7) is 15.5. The van der Waals surface area contributed by atoms with Gasteiger partial charge in [0.15, 0.2) is 0 Å². The fourth-order valence-corrected chi connectivity index (χ4v) is 5.57. The van der Waals surface area contributed by atoms with Gasteiger partial charge in [0.05, 0.1) is 0 Å². The van der Waals surface area contributed by atoms with Crippen molar-refractivity contribution in [2.75, 3.05) is 32.7 Å². The zero-order valence-electron chi connectivity index (χ0n) is 24.6. The summed E-state index contributed by atoms with van der Waals surface area (Å²) in [7, 11) is 0. The predicted molar refractivity (Wildman–Crippen MR) is 158 cm³/mol. The first-order valence-corrected chi connectivity index (χ1v) is 16.1. The van der Waals surface area contributed by atoms with Gasteiger partial charge in [-0.3, -0.25) is 0 Å². The number of nitrogens with one attached hydrogen (secondary N) is 1. The molecule has 2 atom stereocenters. The van der Waals surface area contributed by atoms with Gasteiger partial charge in [0.2, 0.25) is 0 Å². The van der Waals surface area contributed by atoms with E-state index in [1.54, 1.807) is 0 Å². The van der Waals surface area contributed by atoms with Gasteiger partial charge in [-0.2, -0.15) is 0 Å². The molecular formula is C33H64N2. The Morgan fingerprint density at radius 3 is 1.97 bits per heavy atom. The molecular weight excluding hydrogens is 424 g/mol. The van der Waals surface area contributed by atoms with Crippen molar-refractivity contribution in [3.05, 3.63) is 0 Å². The molecule has 1 saturated heterocycles. The molecule has 1 rings (SSSR count). The molecule has 0 amide bonds. The lowest BCUT2D eigenvalue weighted by atomic mass is 9.94. The molecule has 0 radical (unpaired) electrons. The van der Waals surface area contributed by atoms with E-state index < -0.39 is 0 Å². The van der Waals surface area contributed by atoms with Crippen molar-refractivity contribution in [2.24, 2.45) is 17.8 Å².